The lowest BCUT2D eigenvalue weighted by Crippen LogP contribution is -2.45. The molecule has 0 saturated carbocycles. The third-order valence-corrected chi connectivity index (χ3v) is 8.07. The van der Waals surface area contributed by atoms with E-state index in [9.17, 15) is 18.0 Å². The maximum Gasteiger partial charge on any atom is 0.503 e. The van der Waals surface area contributed by atoms with Crippen LogP contribution in [0.25, 0.3) is 11.1 Å². The molecular weight excluding hydrogens is 545 g/mol. The minimum absolute atomic E-state index is 0.0876. The lowest BCUT2D eigenvalue weighted by Gasteiger charge is -2.34. The number of hydrogen-bond donors (Lipinski definition) is 3. The Morgan fingerprint density at radius 1 is 0.881 bits per heavy atom. The zero-order valence-corrected chi connectivity index (χ0v) is 24.0. The molecular formula is C33H39F3N2O4. The van der Waals surface area contributed by atoms with Crippen LogP contribution in [-0.2, 0) is 11.6 Å². The third kappa shape index (κ3) is 9.34. The van der Waals surface area contributed by atoms with Gasteiger partial charge in [0.15, 0.2) is 0 Å². The van der Waals surface area contributed by atoms with Crippen LogP contribution in [0.2, 0.25) is 0 Å². The van der Waals surface area contributed by atoms with Crippen LogP contribution in [0.5, 0.6) is 0 Å². The summed E-state index contributed by atoms with van der Waals surface area (Å²) in [5.41, 5.74) is 2.60. The highest BCUT2D eigenvalue weighted by molar-refractivity contribution is 6.01. The Balaban J connectivity index is 0.00000114. The van der Waals surface area contributed by atoms with Crippen LogP contribution in [0.1, 0.15) is 67.4 Å². The molecule has 3 N–H and O–H groups in total. The summed E-state index contributed by atoms with van der Waals surface area (Å²) in [6.45, 7) is 7.56. The molecule has 0 bridgehead atoms. The highest BCUT2D eigenvalue weighted by atomic mass is 19.4. The number of alkyl halides is 3. The van der Waals surface area contributed by atoms with Gasteiger partial charge in [-0.05, 0) is 79.0 Å². The van der Waals surface area contributed by atoms with E-state index < -0.39 is 17.9 Å². The van der Waals surface area contributed by atoms with Crippen molar-refractivity contribution in [1.29, 1.82) is 0 Å². The molecule has 3 aromatic carbocycles. The van der Waals surface area contributed by atoms with Crippen LogP contribution >= 0.6 is 0 Å². The second-order valence-corrected chi connectivity index (χ2v) is 10.9. The summed E-state index contributed by atoms with van der Waals surface area (Å²) in [6, 6.07) is 22.9. The molecule has 1 amide bonds. The molecule has 1 aliphatic rings. The number of nitrogens with one attached hydrogen (secondary N) is 1. The van der Waals surface area contributed by atoms with Gasteiger partial charge in [-0.1, -0.05) is 74.5 Å². The lowest BCUT2D eigenvalue weighted by atomic mass is 9.76. The predicted molar refractivity (Wildman–Crippen MR) is 158 cm³/mol. The van der Waals surface area contributed by atoms with Crippen LogP contribution in [0, 0.1) is 0 Å². The largest absolute Gasteiger partial charge is 0.503 e. The molecule has 226 valence electrons. The Bertz CT molecular complexity index is 1290. The van der Waals surface area contributed by atoms with Crippen molar-refractivity contribution in [3.05, 3.63) is 95.6 Å². The number of rotatable bonds is 9. The van der Waals surface area contributed by atoms with Gasteiger partial charge < -0.3 is 20.4 Å². The first-order valence-corrected chi connectivity index (χ1v) is 14.2. The summed E-state index contributed by atoms with van der Waals surface area (Å²) in [5, 5.41) is 17.1. The smallest absolute Gasteiger partial charge is 0.450 e. The summed E-state index contributed by atoms with van der Waals surface area (Å²) in [7, 11) is 0. The molecule has 1 atom stereocenters. The molecule has 0 radical (unpaired) electrons. The van der Waals surface area contributed by atoms with Crippen LogP contribution in [0.15, 0.2) is 78.9 Å². The SMILES string of the molecule is CCC(C)(CCCN1CCC(NC(=O)c2ccccc2-c2ccc(C(F)(F)F)cc2)CC1)c1ccccc1.O=C(O)O. The molecule has 4 rings (SSSR count). The maximum atomic E-state index is 13.2. The van der Waals surface area contributed by atoms with Gasteiger partial charge in [0, 0.05) is 24.7 Å². The van der Waals surface area contributed by atoms with Crippen molar-refractivity contribution in [2.24, 2.45) is 0 Å². The fraction of sp³-hybridized carbons (Fsp3) is 0.394. The standard InChI is InChI=1S/C32H37F3N2O.CH2O3/c1-3-31(2,25-10-5-4-6-11-25)20-9-21-37-22-18-27(19-23-37)36-30(38)29-13-8-7-12-28(29)24-14-16-26(17-15-24)32(33,34)35;2-1(3)4/h4-8,10-17,27H,3,9,18-23H2,1-2H3,(H,36,38);(H2,2,3,4). The maximum absolute atomic E-state index is 13.2. The summed E-state index contributed by atoms with van der Waals surface area (Å²) in [6.07, 6.45) is -1.06. The Labute approximate surface area is 245 Å². The minimum atomic E-state index is -4.39. The van der Waals surface area contributed by atoms with Gasteiger partial charge in [0.1, 0.15) is 0 Å². The fourth-order valence-corrected chi connectivity index (χ4v) is 5.39. The number of benzene rings is 3. The molecule has 3 aromatic rings. The van der Waals surface area contributed by atoms with Gasteiger partial charge in [0.05, 0.1) is 5.56 Å². The Hall–Kier alpha value is -3.85. The molecule has 42 heavy (non-hydrogen) atoms. The number of carbonyl (C=O) groups excluding carboxylic acids is 1. The summed E-state index contributed by atoms with van der Waals surface area (Å²) >= 11 is 0. The fourth-order valence-electron chi connectivity index (χ4n) is 5.39. The van der Waals surface area contributed by atoms with Crippen molar-refractivity contribution >= 4 is 12.1 Å². The average molecular weight is 585 g/mol. The Kier molecular flexibility index (Phi) is 11.6. The second kappa shape index (κ2) is 14.9. The van der Waals surface area contributed by atoms with Gasteiger partial charge in [0.25, 0.3) is 5.91 Å². The van der Waals surface area contributed by atoms with E-state index in [2.05, 4.69) is 54.4 Å². The van der Waals surface area contributed by atoms with Gasteiger partial charge in [0.2, 0.25) is 0 Å². The number of carbonyl (C=O) groups is 2. The molecule has 0 aliphatic carbocycles. The van der Waals surface area contributed by atoms with E-state index in [-0.39, 0.29) is 17.4 Å². The van der Waals surface area contributed by atoms with Crippen LogP contribution in [0.3, 0.4) is 0 Å². The number of piperidine rings is 1. The van der Waals surface area contributed by atoms with Crippen molar-refractivity contribution in [3.8, 4) is 11.1 Å². The van der Waals surface area contributed by atoms with Crippen LogP contribution in [0.4, 0.5) is 18.0 Å². The van der Waals surface area contributed by atoms with E-state index in [1.165, 1.54) is 17.7 Å². The summed E-state index contributed by atoms with van der Waals surface area (Å²) < 4.78 is 38.9. The van der Waals surface area contributed by atoms with Crippen molar-refractivity contribution in [2.45, 2.75) is 63.6 Å². The molecule has 1 saturated heterocycles. The second-order valence-electron chi connectivity index (χ2n) is 10.9. The molecule has 9 heteroatoms. The quantitative estimate of drug-likeness (QED) is 0.238. The molecule has 1 aliphatic heterocycles. The molecule has 1 fully saturated rings. The number of amides is 1. The van der Waals surface area contributed by atoms with E-state index in [1.807, 2.05) is 0 Å². The zero-order valence-electron chi connectivity index (χ0n) is 24.0. The van der Waals surface area contributed by atoms with Crippen molar-refractivity contribution in [1.82, 2.24) is 10.2 Å². The number of halogens is 3. The predicted octanol–water partition coefficient (Wildman–Crippen LogP) is 7.94. The molecule has 0 spiro atoms. The van der Waals surface area contributed by atoms with Crippen molar-refractivity contribution in [3.63, 3.8) is 0 Å². The van der Waals surface area contributed by atoms with E-state index >= 15 is 0 Å². The summed E-state index contributed by atoms with van der Waals surface area (Å²) in [4.78, 5) is 24.2. The van der Waals surface area contributed by atoms with E-state index in [0.717, 1.165) is 63.9 Å². The first-order chi connectivity index (χ1) is 19.9. The van der Waals surface area contributed by atoms with Gasteiger partial charge in [-0.3, -0.25) is 4.79 Å². The number of hydrogen-bond acceptors (Lipinski definition) is 3. The molecule has 1 unspecified atom stereocenters. The minimum Gasteiger partial charge on any atom is -0.450 e. The topological polar surface area (TPSA) is 89.9 Å². The number of nitrogens with zero attached hydrogens (tertiary/aromatic N) is 1. The highest BCUT2D eigenvalue weighted by Gasteiger charge is 2.30. The zero-order chi connectivity index (χ0) is 30.8. The van der Waals surface area contributed by atoms with Gasteiger partial charge in [-0.25, -0.2) is 4.79 Å². The molecule has 0 aromatic heterocycles. The van der Waals surface area contributed by atoms with E-state index in [4.69, 9.17) is 15.0 Å². The van der Waals surface area contributed by atoms with Gasteiger partial charge >= 0.3 is 12.3 Å². The monoisotopic (exact) mass is 584 g/mol. The normalized spacial score (nSPS) is 15.6. The van der Waals surface area contributed by atoms with Crippen molar-refractivity contribution < 1.29 is 33.0 Å². The van der Waals surface area contributed by atoms with Crippen molar-refractivity contribution in [2.75, 3.05) is 19.6 Å². The number of carboxylic acid groups (broad SMARTS) is 2. The third-order valence-electron chi connectivity index (χ3n) is 8.07. The first kappa shape index (κ1) is 32.7. The van der Waals surface area contributed by atoms with Crippen LogP contribution in [-0.4, -0.2) is 52.9 Å². The molecule has 1 heterocycles. The number of likely N-dealkylation sites (tertiary alicyclic amines) is 1. The summed E-state index contributed by atoms with van der Waals surface area (Å²) in [5.74, 6) is -0.180. The Morgan fingerprint density at radius 3 is 2.02 bits per heavy atom. The van der Waals surface area contributed by atoms with E-state index in [1.54, 1.807) is 24.3 Å². The van der Waals surface area contributed by atoms with Crippen LogP contribution < -0.4 is 5.32 Å². The average Bonchev–Trinajstić information content (AvgIpc) is 2.98. The van der Waals surface area contributed by atoms with Gasteiger partial charge in [-0.2, -0.15) is 13.2 Å². The first-order valence-electron chi connectivity index (χ1n) is 14.2. The lowest BCUT2D eigenvalue weighted by molar-refractivity contribution is -0.137. The highest BCUT2D eigenvalue weighted by Crippen LogP contribution is 2.33. The van der Waals surface area contributed by atoms with Gasteiger partial charge in [-0.15, -0.1) is 0 Å². The van der Waals surface area contributed by atoms with E-state index in [0.29, 0.717) is 16.7 Å². The molecule has 6 nitrogen and oxygen atoms in total. The Morgan fingerprint density at radius 2 is 1.45 bits per heavy atom.